The molecular formula is C40H58IrNO2-. The van der Waals surface area contributed by atoms with Crippen LogP contribution in [0.5, 0.6) is 0 Å². The number of carbonyl (C=O) groups is 1. The Morgan fingerprint density at radius 1 is 0.864 bits per heavy atom. The molecule has 44 heavy (non-hydrogen) atoms. The standard InChI is InChI=1S/C21H22N.C19H36O2.Ir/c1-5-16(4)17-6-7-20-18(13-17)8-9-22-21(20)19-11-14(2)10-15(3)12-19;1-12(2)18(9,13(3)4)16(20)11-17(21)19(10,14(5)6)15(7)8;/h6-11,13,16H,5H2,1-4H3;11-15,20H,1-10H3;/q-1;;/b;16-11-;. The summed E-state index contributed by atoms with van der Waals surface area (Å²) in [4.78, 5) is 17.4. The van der Waals surface area contributed by atoms with Gasteiger partial charge in [-0.15, -0.1) is 34.9 Å². The van der Waals surface area contributed by atoms with E-state index in [0.717, 1.165) is 23.2 Å². The number of fused-ring (bicyclic) bond motifs is 1. The van der Waals surface area contributed by atoms with Crippen molar-refractivity contribution in [2.45, 2.75) is 109 Å². The van der Waals surface area contributed by atoms with Gasteiger partial charge in [0, 0.05) is 43.2 Å². The number of nitrogens with zero attached hydrogens (tertiary/aromatic N) is 1. The van der Waals surface area contributed by atoms with Crippen LogP contribution in [0.2, 0.25) is 0 Å². The van der Waals surface area contributed by atoms with Crippen LogP contribution in [0, 0.1) is 54.4 Å². The second-order valence-electron chi connectivity index (χ2n) is 14.3. The first-order valence-corrected chi connectivity index (χ1v) is 16.3. The molecule has 3 aromatic rings. The van der Waals surface area contributed by atoms with Crippen molar-refractivity contribution in [3.63, 3.8) is 0 Å². The molecule has 0 fully saturated rings. The summed E-state index contributed by atoms with van der Waals surface area (Å²) in [5, 5.41) is 13.1. The van der Waals surface area contributed by atoms with Gasteiger partial charge in [0.05, 0.1) is 0 Å². The smallest absolute Gasteiger partial charge is 0.165 e. The van der Waals surface area contributed by atoms with E-state index in [1.165, 1.54) is 28.0 Å². The zero-order valence-electron chi connectivity index (χ0n) is 29.8. The Bertz CT molecular complexity index is 1380. The van der Waals surface area contributed by atoms with E-state index < -0.39 is 5.41 Å². The topological polar surface area (TPSA) is 50.2 Å². The molecule has 0 amide bonds. The molecule has 0 aliphatic heterocycles. The van der Waals surface area contributed by atoms with Crippen molar-refractivity contribution in [1.29, 1.82) is 0 Å². The van der Waals surface area contributed by atoms with E-state index in [-0.39, 0.29) is 60.7 Å². The van der Waals surface area contributed by atoms with E-state index in [4.69, 9.17) is 0 Å². The number of allylic oxidation sites excluding steroid dienone is 2. The van der Waals surface area contributed by atoms with Crippen LogP contribution < -0.4 is 0 Å². The maximum absolute atomic E-state index is 12.8. The van der Waals surface area contributed by atoms with Crippen molar-refractivity contribution in [3.05, 3.63) is 77.2 Å². The summed E-state index contributed by atoms with van der Waals surface area (Å²) >= 11 is 0. The van der Waals surface area contributed by atoms with E-state index in [2.05, 4.69) is 131 Å². The van der Waals surface area contributed by atoms with Gasteiger partial charge in [0.15, 0.2) is 5.78 Å². The fourth-order valence-corrected chi connectivity index (χ4v) is 5.91. The van der Waals surface area contributed by atoms with Crippen molar-refractivity contribution < 1.29 is 30.0 Å². The van der Waals surface area contributed by atoms with Crippen LogP contribution >= 0.6 is 0 Å². The summed E-state index contributed by atoms with van der Waals surface area (Å²) in [6.07, 6.45) is 4.57. The normalized spacial score (nSPS) is 13.3. The average molecular weight is 777 g/mol. The van der Waals surface area contributed by atoms with Gasteiger partial charge in [-0.05, 0) is 64.1 Å². The minimum atomic E-state index is -0.442. The summed E-state index contributed by atoms with van der Waals surface area (Å²) in [7, 11) is 0. The zero-order chi connectivity index (χ0) is 32.9. The molecule has 0 saturated heterocycles. The molecule has 0 bridgehead atoms. The number of ketones is 1. The largest absolute Gasteiger partial charge is 0.512 e. The molecule has 1 N–H and O–H groups in total. The minimum Gasteiger partial charge on any atom is -0.512 e. The third-order valence-electron chi connectivity index (χ3n) is 10.5. The molecule has 1 unspecified atom stereocenters. The molecule has 1 radical (unpaired) electrons. The first kappa shape index (κ1) is 39.7. The second kappa shape index (κ2) is 16.3. The number of hydrogen-bond acceptors (Lipinski definition) is 3. The van der Waals surface area contributed by atoms with E-state index in [0.29, 0.717) is 5.92 Å². The maximum Gasteiger partial charge on any atom is 0.165 e. The Morgan fingerprint density at radius 2 is 1.41 bits per heavy atom. The number of benzene rings is 2. The van der Waals surface area contributed by atoms with Gasteiger partial charge in [-0.3, -0.25) is 4.79 Å². The summed E-state index contributed by atoms with van der Waals surface area (Å²) < 4.78 is 0. The van der Waals surface area contributed by atoms with Crippen molar-refractivity contribution in [1.82, 2.24) is 4.98 Å². The number of pyridine rings is 1. The van der Waals surface area contributed by atoms with Crippen molar-refractivity contribution >= 4 is 16.6 Å². The first-order chi connectivity index (χ1) is 19.9. The number of aliphatic hydroxyl groups excluding tert-OH is 1. The van der Waals surface area contributed by atoms with Gasteiger partial charge < -0.3 is 10.1 Å². The molecule has 0 spiro atoms. The molecule has 2 aromatic carbocycles. The molecular weight excluding hydrogens is 719 g/mol. The van der Waals surface area contributed by atoms with Crippen LogP contribution in [0.4, 0.5) is 0 Å². The van der Waals surface area contributed by atoms with Gasteiger partial charge in [0.1, 0.15) is 5.76 Å². The quantitative estimate of drug-likeness (QED) is 0.127. The van der Waals surface area contributed by atoms with Crippen LogP contribution in [0.1, 0.15) is 112 Å². The molecule has 0 aliphatic carbocycles. The summed E-state index contributed by atoms with van der Waals surface area (Å²) in [6, 6.07) is 16.6. The van der Waals surface area contributed by atoms with Crippen LogP contribution in [0.3, 0.4) is 0 Å². The van der Waals surface area contributed by atoms with Crippen LogP contribution in [0.15, 0.2) is 54.4 Å². The fraction of sp³-hybridized carbons (Fsp3) is 0.550. The second-order valence-corrected chi connectivity index (χ2v) is 14.3. The number of hydrogen-bond donors (Lipinski definition) is 1. The molecule has 0 saturated carbocycles. The predicted molar refractivity (Wildman–Crippen MR) is 185 cm³/mol. The molecule has 1 heterocycles. The Kier molecular flexibility index (Phi) is 14.7. The van der Waals surface area contributed by atoms with Gasteiger partial charge in [-0.1, -0.05) is 115 Å². The number of rotatable bonds is 10. The van der Waals surface area contributed by atoms with E-state index in [9.17, 15) is 9.90 Å². The summed E-state index contributed by atoms with van der Waals surface area (Å²) in [6.45, 7) is 29.5. The predicted octanol–water partition coefficient (Wildman–Crippen LogP) is 11.5. The molecule has 0 aliphatic rings. The minimum absolute atomic E-state index is 0. The summed E-state index contributed by atoms with van der Waals surface area (Å²) in [5.74, 6) is 1.87. The Hall–Kier alpha value is -2.29. The van der Waals surface area contributed by atoms with Gasteiger partial charge in [0.2, 0.25) is 0 Å². The molecule has 245 valence electrons. The van der Waals surface area contributed by atoms with Gasteiger partial charge >= 0.3 is 0 Å². The number of aliphatic hydroxyl groups is 1. The molecule has 4 heteroatoms. The average Bonchev–Trinajstić information content (AvgIpc) is 2.94. The fourth-order valence-electron chi connectivity index (χ4n) is 5.91. The molecule has 3 rings (SSSR count). The number of aromatic nitrogens is 1. The van der Waals surface area contributed by atoms with Gasteiger partial charge in [-0.25, -0.2) is 0 Å². The third kappa shape index (κ3) is 8.70. The number of carbonyl (C=O) groups excluding carboxylic acids is 1. The SMILES string of the molecule is CC(C)C(C)(C(=O)/C=C(\O)C(C)(C(C)C)C(C)C)C(C)C.CCC(C)c1ccc2c(-c3[c-]c(C)cc(C)c3)nccc2c1.[Ir]. The van der Waals surface area contributed by atoms with Gasteiger partial charge in [0.25, 0.3) is 0 Å². The van der Waals surface area contributed by atoms with E-state index in [1.807, 2.05) is 20.0 Å². The maximum atomic E-state index is 12.8. The van der Waals surface area contributed by atoms with E-state index >= 15 is 0 Å². The number of aryl methyl sites for hydroxylation is 2. The van der Waals surface area contributed by atoms with Crippen LogP contribution in [-0.4, -0.2) is 15.9 Å². The Morgan fingerprint density at radius 3 is 1.89 bits per heavy atom. The molecule has 3 nitrogen and oxygen atoms in total. The van der Waals surface area contributed by atoms with Crippen LogP contribution in [0.25, 0.3) is 22.0 Å². The van der Waals surface area contributed by atoms with E-state index in [1.54, 1.807) is 0 Å². The van der Waals surface area contributed by atoms with Gasteiger partial charge in [-0.2, -0.15) is 0 Å². The Balaban J connectivity index is 0.000000431. The molecule has 1 aromatic heterocycles. The van der Waals surface area contributed by atoms with Crippen molar-refractivity contribution in [2.75, 3.05) is 0 Å². The zero-order valence-corrected chi connectivity index (χ0v) is 32.2. The third-order valence-corrected chi connectivity index (χ3v) is 10.5. The molecule has 1 atom stereocenters. The van der Waals surface area contributed by atoms with Crippen molar-refractivity contribution in [2.24, 2.45) is 34.5 Å². The van der Waals surface area contributed by atoms with Crippen molar-refractivity contribution in [3.8, 4) is 11.3 Å². The van der Waals surface area contributed by atoms with Crippen LogP contribution in [-0.2, 0) is 24.9 Å². The first-order valence-electron chi connectivity index (χ1n) is 16.3. The Labute approximate surface area is 282 Å². The monoisotopic (exact) mass is 777 g/mol. The summed E-state index contributed by atoms with van der Waals surface area (Å²) in [5.41, 5.74) is 5.11.